The van der Waals surface area contributed by atoms with E-state index in [9.17, 15) is 14.4 Å². The Morgan fingerprint density at radius 2 is 1.67 bits per heavy atom. The van der Waals surface area contributed by atoms with E-state index in [0.29, 0.717) is 12.2 Å². The van der Waals surface area contributed by atoms with Gasteiger partial charge in [-0.2, -0.15) is 0 Å². The molecule has 1 aromatic heterocycles. The molecule has 2 rings (SSSR count). The predicted molar refractivity (Wildman–Crippen MR) is 103 cm³/mol. The minimum Gasteiger partial charge on any atom is -0.478 e. The van der Waals surface area contributed by atoms with E-state index in [1.807, 2.05) is 42.6 Å². The van der Waals surface area contributed by atoms with E-state index in [4.69, 9.17) is 15.9 Å². The molecule has 0 saturated heterocycles. The second-order valence-electron chi connectivity index (χ2n) is 5.73. The number of nitrogens with two attached hydrogens (primary N) is 1. The first-order valence-corrected chi connectivity index (χ1v) is 8.87. The third-order valence-electron chi connectivity index (χ3n) is 3.43. The Bertz CT molecular complexity index is 759. The standard InChI is InChI=1S/C15H18N2OS.C4H4O4/c1-15(17-14(18)11-16,13-8-5-9-19-13)10-12-6-3-2-4-7-12;5-3(6)1-2-4(7)8/h2-9H,10-11,16H2,1H3,(H,17,18);1-2H,(H,5,6)(H,7,8)/b;2-1-. The van der Waals surface area contributed by atoms with Crippen LogP contribution >= 0.6 is 11.3 Å². The van der Waals surface area contributed by atoms with E-state index in [1.54, 1.807) is 11.3 Å². The molecule has 1 atom stereocenters. The molecule has 8 heteroatoms. The molecule has 0 spiro atoms. The first kappa shape index (κ1) is 22.1. The van der Waals surface area contributed by atoms with Gasteiger partial charge in [-0.15, -0.1) is 11.3 Å². The minimum absolute atomic E-state index is 0.00968. The largest absolute Gasteiger partial charge is 0.478 e. The number of amides is 1. The zero-order chi connectivity index (χ0) is 20.3. The van der Waals surface area contributed by atoms with Crippen LogP contribution in [0.15, 0.2) is 60.0 Å². The number of hydrogen-bond donors (Lipinski definition) is 4. The first-order valence-electron chi connectivity index (χ1n) is 8.00. The summed E-state index contributed by atoms with van der Waals surface area (Å²) in [6.07, 6.45) is 1.87. The molecule has 1 aromatic carbocycles. The summed E-state index contributed by atoms with van der Waals surface area (Å²) in [4.78, 5) is 31.9. The highest BCUT2D eigenvalue weighted by Crippen LogP contribution is 2.29. The molecule has 1 unspecified atom stereocenters. The Hall–Kier alpha value is -2.97. The monoisotopic (exact) mass is 390 g/mol. The van der Waals surface area contributed by atoms with Gasteiger partial charge in [0, 0.05) is 23.5 Å². The molecule has 5 N–H and O–H groups in total. The number of aliphatic carboxylic acids is 2. The van der Waals surface area contributed by atoms with Gasteiger partial charge in [0.2, 0.25) is 5.91 Å². The lowest BCUT2D eigenvalue weighted by molar-refractivity contribution is -0.134. The fourth-order valence-electron chi connectivity index (χ4n) is 2.29. The number of carbonyl (C=O) groups excluding carboxylic acids is 1. The van der Waals surface area contributed by atoms with Crippen LogP contribution in [0.2, 0.25) is 0 Å². The van der Waals surface area contributed by atoms with E-state index in [0.717, 1.165) is 11.3 Å². The van der Waals surface area contributed by atoms with E-state index in [2.05, 4.69) is 17.4 Å². The normalized spacial score (nSPS) is 12.5. The number of carbonyl (C=O) groups is 3. The van der Waals surface area contributed by atoms with Gasteiger partial charge in [-0.3, -0.25) is 4.79 Å². The maximum Gasteiger partial charge on any atom is 0.328 e. The summed E-state index contributed by atoms with van der Waals surface area (Å²) < 4.78 is 0. The van der Waals surface area contributed by atoms with Crippen LogP contribution in [0.5, 0.6) is 0 Å². The first-order chi connectivity index (χ1) is 12.8. The SMILES string of the molecule is CC(Cc1ccccc1)(NC(=O)CN)c1cccs1.O=C(O)/C=C\C(=O)O. The van der Waals surface area contributed by atoms with Crippen molar-refractivity contribution in [1.82, 2.24) is 5.32 Å². The smallest absolute Gasteiger partial charge is 0.328 e. The summed E-state index contributed by atoms with van der Waals surface area (Å²) in [5, 5.41) is 20.7. The molecule has 7 nitrogen and oxygen atoms in total. The molecule has 27 heavy (non-hydrogen) atoms. The Balaban J connectivity index is 0.000000387. The highest BCUT2D eigenvalue weighted by Gasteiger charge is 2.29. The van der Waals surface area contributed by atoms with Crippen molar-refractivity contribution in [3.63, 3.8) is 0 Å². The molecule has 144 valence electrons. The number of hydrogen-bond acceptors (Lipinski definition) is 5. The number of nitrogens with one attached hydrogen (secondary N) is 1. The van der Waals surface area contributed by atoms with Crippen molar-refractivity contribution in [2.24, 2.45) is 5.73 Å². The van der Waals surface area contributed by atoms with Crippen LogP contribution in [-0.2, 0) is 26.3 Å². The molecule has 0 bridgehead atoms. The van der Waals surface area contributed by atoms with Gasteiger partial charge in [-0.1, -0.05) is 36.4 Å². The molecule has 1 heterocycles. The van der Waals surface area contributed by atoms with E-state index in [-0.39, 0.29) is 12.5 Å². The number of rotatable bonds is 7. The van der Waals surface area contributed by atoms with Crippen LogP contribution in [0.4, 0.5) is 0 Å². The average molecular weight is 390 g/mol. The van der Waals surface area contributed by atoms with E-state index < -0.39 is 17.5 Å². The number of carboxylic acids is 2. The van der Waals surface area contributed by atoms with Crippen molar-refractivity contribution in [3.8, 4) is 0 Å². The summed E-state index contributed by atoms with van der Waals surface area (Å²) in [7, 11) is 0. The summed E-state index contributed by atoms with van der Waals surface area (Å²) >= 11 is 1.65. The molecule has 0 saturated carbocycles. The third-order valence-corrected chi connectivity index (χ3v) is 4.57. The Morgan fingerprint density at radius 1 is 1.07 bits per heavy atom. The minimum atomic E-state index is -1.26. The van der Waals surface area contributed by atoms with Gasteiger partial charge in [0.05, 0.1) is 12.1 Å². The summed E-state index contributed by atoms with van der Waals surface area (Å²) in [6, 6.07) is 14.2. The van der Waals surface area contributed by atoms with Crippen LogP contribution < -0.4 is 11.1 Å². The predicted octanol–water partition coefficient (Wildman–Crippen LogP) is 1.99. The number of carboxylic acid groups (broad SMARTS) is 2. The lowest BCUT2D eigenvalue weighted by Crippen LogP contribution is -2.47. The lowest BCUT2D eigenvalue weighted by Gasteiger charge is -2.30. The van der Waals surface area contributed by atoms with Gasteiger partial charge in [0.25, 0.3) is 0 Å². The van der Waals surface area contributed by atoms with Gasteiger partial charge in [0.15, 0.2) is 0 Å². The van der Waals surface area contributed by atoms with Crippen LogP contribution in [0.3, 0.4) is 0 Å². The van der Waals surface area contributed by atoms with Gasteiger partial charge in [-0.25, -0.2) is 9.59 Å². The molecule has 1 amide bonds. The number of benzene rings is 1. The van der Waals surface area contributed by atoms with Gasteiger partial charge in [0.1, 0.15) is 0 Å². The van der Waals surface area contributed by atoms with E-state index in [1.165, 1.54) is 5.56 Å². The Labute approximate surface area is 161 Å². The summed E-state index contributed by atoms with van der Waals surface area (Å²) in [6.45, 7) is 2.05. The van der Waals surface area contributed by atoms with Crippen LogP contribution in [0.25, 0.3) is 0 Å². The van der Waals surface area contributed by atoms with Crippen molar-refractivity contribution in [2.75, 3.05) is 6.54 Å². The van der Waals surface area contributed by atoms with Crippen LogP contribution in [0, 0.1) is 0 Å². The molecule has 0 aliphatic heterocycles. The number of thiophene rings is 1. The van der Waals surface area contributed by atoms with Crippen molar-refractivity contribution in [2.45, 2.75) is 18.9 Å². The molecule has 0 radical (unpaired) electrons. The van der Waals surface area contributed by atoms with Crippen molar-refractivity contribution >= 4 is 29.2 Å². The highest BCUT2D eigenvalue weighted by atomic mass is 32.1. The lowest BCUT2D eigenvalue weighted by atomic mass is 9.91. The maximum absolute atomic E-state index is 11.7. The Kier molecular flexibility index (Phi) is 8.91. The average Bonchev–Trinajstić information content (AvgIpc) is 3.17. The van der Waals surface area contributed by atoms with E-state index >= 15 is 0 Å². The topological polar surface area (TPSA) is 130 Å². The molecular weight excluding hydrogens is 368 g/mol. The summed E-state index contributed by atoms with van der Waals surface area (Å²) in [5.41, 5.74) is 6.20. The second kappa shape index (κ2) is 10.9. The quantitative estimate of drug-likeness (QED) is 0.535. The van der Waals surface area contributed by atoms with Crippen molar-refractivity contribution in [3.05, 3.63) is 70.4 Å². The molecule has 2 aromatic rings. The second-order valence-corrected chi connectivity index (χ2v) is 6.68. The van der Waals surface area contributed by atoms with Gasteiger partial charge in [-0.05, 0) is 23.9 Å². The Morgan fingerprint density at radius 3 is 2.11 bits per heavy atom. The van der Waals surface area contributed by atoms with Crippen molar-refractivity contribution < 1.29 is 24.6 Å². The fraction of sp³-hybridized carbons (Fsp3) is 0.211. The molecule has 0 fully saturated rings. The third kappa shape index (κ3) is 8.30. The zero-order valence-corrected chi connectivity index (χ0v) is 15.6. The summed E-state index contributed by atoms with van der Waals surface area (Å²) in [5.74, 6) is -2.65. The molecule has 0 aliphatic rings. The molecular formula is C19H22N2O5S. The van der Waals surface area contributed by atoms with Crippen molar-refractivity contribution in [1.29, 1.82) is 0 Å². The van der Waals surface area contributed by atoms with Crippen LogP contribution in [0.1, 0.15) is 17.4 Å². The zero-order valence-electron chi connectivity index (χ0n) is 14.8. The maximum atomic E-state index is 11.7. The molecule has 0 aliphatic carbocycles. The van der Waals surface area contributed by atoms with Gasteiger partial charge < -0.3 is 21.3 Å². The fourth-order valence-corrected chi connectivity index (χ4v) is 3.14. The van der Waals surface area contributed by atoms with Gasteiger partial charge >= 0.3 is 11.9 Å². The van der Waals surface area contributed by atoms with Crippen LogP contribution in [-0.4, -0.2) is 34.6 Å². The highest BCUT2D eigenvalue weighted by molar-refractivity contribution is 7.10.